The van der Waals surface area contributed by atoms with Gasteiger partial charge in [-0.3, -0.25) is 14.5 Å². The second-order valence-electron chi connectivity index (χ2n) is 12.4. The molecule has 2 saturated heterocycles. The summed E-state index contributed by atoms with van der Waals surface area (Å²) in [5.74, 6) is -1.28. The first kappa shape index (κ1) is 33.5. The minimum atomic E-state index is -5.09. The fourth-order valence-corrected chi connectivity index (χ4v) is 6.97. The predicted octanol–water partition coefficient (Wildman–Crippen LogP) is 6.53. The van der Waals surface area contributed by atoms with Crippen LogP contribution < -0.4 is 4.90 Å². The average Bonchev–Trinajstić information content (AvgIpc) is 3.66. The molecule has 2 aliphatic heterocycles. The van der Waals surface area contributed by atoms with Crippen LogP contribution in [0.2, 0.25) is 0 Å². The molecule has 0 N–H and O–H groups in total. The summed E-state index contributed by atoms with van der Waals surface area (Å²) in [6, 6.07) is 5.01. The Kier molecular flexibility index (Phi) is 9.29. The van der Waals surface area contributed by atoms with Crippen molar-refractivity contribution in [2.24, 2.45) is 5.92 Å². The number of anilines is 1. The zero-order valence-corrected chi connectivity index (χ0v) is 25.4. The lowest BCUT2D eigenvalue weighted by molar-refractivity contribution is -0.143. The summed E-state index contributed by atoms with van der Waals surface area (Å²) in [5.41, 5.74) is -3.08. The number of urea groups is 1. The van der Waals surface area contributed by atoms with E-state index in [1.54, 1.807) is 4.90 Å². The van der Waals surface area contributed by atoms with Crippen LogP contribution in [-0.4, -0.2) is 78.4 Å². The Morgan fingerprint density at radius 2 is 1.43 bits per heavy atom. The Labute approximate surface area is 261 Å². The Morgan fingerprint density at radius 3 is 1.96 bits per heavy atom. The highest BCUT2D eigenvalue weighted by molar-refractivity contribution is 5.92. The van der Waals surface area contributed by atoms with Gasteiger partial charge in [-0.15, -0.1) is 0 Å². The van der Waals surface area contributed by atoms with E-state index >= 15 is 0 Å². The van der Waals surface area contributed by atoms with Gasteiger partial charge in [-0.1, -0.05) is 12.1 Å². The van der Waals surface area contributed by atoms with Gasteiger partial charge >= 0.3 is 18.4 Å². The molecule has 2 atom stereocenters. The lowest BCUT2D eigenvalue weighted by atomic mass is 9.84. The molecule has 3 fully saturated rings. The van der Waals surface area contributed by atoms with E-state index in [2.05, 4.69) is 0 Å². The first-order valence-corrected chi connectivity index (χ1v) is 15.2. The second kappa shape index (κ2) is 12.7. The quantitative estimate of drug-likeness (QED) is 0.344. The maximum absolute atomic E-state index is 13.8. The third kappa shape index (κ3) is 6.95. The molecule has 7 nitrogen and oxygen atoms in total. The van der Waals surface area contributed by atoms with E-state index in [0.717, 1.165) is 24.9 Å². The van der Waals surface area contributed by atoms with Gasteiger partial charge in [0.25, 0.3) is 0 Å². The van der Waals surface area contributed by atoms with Gasteiger partial charge in [-0.2, -0.15) is 26.3 Å². The molecule has 0 radical (unpaired) electrons. The standard InChI is InChI=1S/C32H35F7N4O3/c1-40(25-15-21(31(34,35)36)14-22(16-25)32(37,38)39)30(46)41(2)27-18-42(17-26(27)19-5-9-23(33)10-6-19)29(45)20-7-11-24(12-8-20)43-13-3-4-28(43)44/h5-6,9-10,14-16,20,24,26-27H,3-4,7-8,11-13,17-18H2,1-2H3/t20?,24?,26-,27+/m0/s1. The van der Waals surface area contributed by atoms with Gasteiger partial charge in [-0.05, 0) is 68.0 Å². The van der Waals surface area contributed by atoms with Crippen LogP contribution in [0.1, 0.15) is 61.1 Å². The van der Waals surface area contributed by atoms with Crippen molar-refractivity contribution in [2.75, 3.05) is 38.6 Å². The van der Waals surface area contributed by atoms with Crippen LogP contribution in [0.3, 0.4) is 0 Å². The van der Waals surface area contributed by atoms with Crippen LogP contribution in [-0.2, 0) is 21.9 Å². The van der Waals surface area contributed by atoms with Gasteiger partial charge in [0, 0.05) is 63.7 Å². The average molecular weight is 657 g/mol. The minimum absolute atomic E-state index is 0.00692. The number of alkyl halides is 6. The first-order valence-electron chi connectivity index (χ1n) is 15.2. The fourth-order valence-electron chi connectivity index (χ4n) is 6.97. The Hall–Kier alpha value is -3.84. The molecule has 0 bridgehead atoms. The molecule has 250 valence electrons. The number of hydrogen-bond donors (Lipinski definition) is 0. The van der Waals surface area contributed by atoms with Gasteiger partial charge in [0.2, 0.25) is 11.8 Å². The van der Waals surface area contributed by atoms with Gasteiger partial charge in [0.1, 0.15) is 5.82 Å². The van der Waals surface area contributed by atoms with E-state index < -0.39 is 53.0 Å². The molecular weight excluding hydrogens is 621 g/mol. The van der Waals surface area contributed by atoms with Crippen LogP contribution in [0, 0.1) is 11.7 Å². The molecule has 0 aromatic heterocycles. The Balaban J connectivity index is 1.36. The first-order chi connectivity index (χ1) is 21.5. The highest BCUT2D eigenvalue weighted by atomic mass is 19.4. The van der Waals surface area contributed by atoms with Gasteiger partial charge < -0.3 is 14.7 Å². The molecule has 2 aromatic carbocycles. The highest BCUT2D eigenvalue weighted by Crippen LogP contribution is 2.40. The normalized spacial score (nSPS) is 24.0. The Morgan fingerprint density at radius 1 is 0.848 bits per heavy atom. The number of rotatable bonds is 5. The van der Waals surface area contributed by atoms with Crippen LogP contribution >= 0.6 is 0 Å². The number of carbonyl (C=O) groups excluding carboxylic acids is 3. The molecular formula is C32H35F7N4O3. The van der Waals surface area contributed by atoms with Crippen molar-refractivity contribution >= 4 is 23.5 Å². The highest BCUT2D eigenvalue weighted by Gasteiger charge is 2.44. The van der Waals surface area contributed by atoms with Crippen molar-refractivity contribution in [1.29, 1.82) is 0 Å². The number of carbonyl (C=O) groups is 3. The van der Waals surface area contributed by atoms with Crippen molar-refractivity contribution in [3.63, 3.8) is 0 Å². The number of nitrogens with zero attached hydrogens (tertiary/aromatic N) is 4. The monoisotopic (exact) mass is 656 g/mol. The van der Waals surface area contributed by atoms with E-state index in [-0.39, 0.29) is 42.9 Å². The molecule has 46 heavy (non-hydrogen) atoms. The van der Waals surface area contributed by atoms with Crippen molar-refractivity contribution in [1.82, 2.24) is 14.7 Å². The third-order valence-corrected chi connectivity index (χ3v) is 9.54. The summed E-state index contributed by atoms with van der Waals surface area (Å²) in [7, 11) is 2.47. The number of hydrogen-bond acceptors (Lipinski definition) is 3. The molecule has 2 heterocycles. The molecule has 1 aliphatic carbocycles. The molecule has 1 saturated carbocycles. The van der Waals surface area contributed by atoms with Gasteiger partial charge in [0.05, 0.1) is 17.2 Å². The van der Waals surface area contributed by atoms with Crippen LogP contribution in [0.15, 0.2) is 42.5 Å². The van der Waals surface area contributed by atoms with E-state index in [1.165, 1.54) is 36.2 Å². The van der Waals surface area contributed by atoms with Gasteiger partial charge in [-0.25, -0.2) is 9.18 Å². The van der Waals surface area contributed by atoms with E-state index in [4.69, 9.17) is 0 Å². The minimum Gasteiger partial charge on any atom is -0.340 e. The lowest BCUT2D eigenvalue weighted by Crippen LogP contribution is -2.48. The summed E-state index contributed by atoms with van der Waals surface area (Å²) in [4.78, 5) is 45.0. The van der Waals surface area contributed by atoms with E-state index in [9.17, 15) is 45.1 Å². The predicted molar refractivity (Wildman–Crippen MR) is 154 cm³/mol. The SMILES string of the molecule is CN(C(=O)N(C)[C@@H]1CN(C(=O)C2CCC(N3CCCC3=O)CC2)C[C@H]1c1ccc(F)cc1)c1cc(C(F)(F)F)cc(C(F)(F)F)c1. The van der Waals surface area contributed by atoms with Crippen molar-refractivity contribution in [3.8, 4) is 0 Å². The molecule has 3 aliphatic rings. The maximum atomic E-state index is 13.8. The van der Waals surface area contributed by atoms with E-state index in [1.807, 2.05) is 4.90 Å². The summed E-state index contributed by atoms with van der Waals surface area (Å²) in [5, 5.41) is 0. The third-order valence-electron chi connectivity index (χ3n) is 9.54. The molecule has 0 spiro atoms. The summed E-state index contributed by atoms with van der Waals surface area (Å²) < 4.78 is 94.8. The largest absolute Gasteiger partial charge is 0.416 e. The van der Waals surface area contributed by atoms with Crippen LogP contribution in [0.5, 0.6) is 0 Å². The topological polar surface area (TPSA) is 64.2 Å². The van der Waals surface area contributed by atoms with Crippen LogP contribution in [0.4, 0.5) is 41.2 Å². The summed E-state index contributed by atoms with van der Waals surface area (Å²) in [6.45, 7) is 0.975. The zero-order chi connectivity index (χ0) is 33.6. The Bertz CT molecular complexity index is 1420. The van der Waals surface area contributed by atoms with Gasteiger partial charge in [0.15, 0.2) is 0 Å². The number of halogens is 7. The molecule has 4 amide bonds. The number of likely N-dealkylation sites (tertiary alicyclic amines) is 2. The summed E-state index contributed by atoms with van der Waals surface area (Å²) in [6.07, 6.45) is -6.24. The maximum Gasteiger partial charge on any atom is 0.416 e. The molecule has 14 heteroatoms. The number of amides is 4. The molecule has 2 aromatic rings. The fraction of sp³-hybridized carbons (Fsp3) is 0.531. The van der Waals surface area contributed by atoms with Crippen LogP contribution in [0.25, 0.3) is 0 Å². The number of likely N-dealkylation sites (N-methyl/N-ethyl adjacent to an activating group) is 1. The van der Waals surface area contributed by atoms with Crippen molar-refractivity contribution < 1.29 is 45.1 Å². The lowest BCUT2D eigenvalue weighted by Gasteiger charge is -2.35. The number of benzene rings is 2. The summed E-state index contributed by atoms with van der Waals surface area (Å²) >= 11 is 0. The van der Waals surface area contributed by atoms with E-state index in [0.29, 0.717) is 49.8 Å². The van der Waals surface area contributed by atoms with Crippen molar-refractivity contribution in [2.45, 2.75) is 68.9 Å². The zero-order valence-electron chi connectivity index (χ0n) is 25.4. The smallest absolute Gasteiger partial charge is 0.340 e. The molecule has 5 rings (SSSR count). The molecule has 0 unspecified atom stereocenters. The van der Waals surface area contributed by atoms with Crippen molar-refractivity contribution in [3.05, 3.63) is 65.0 Å². The second-order valence-corrected chi connectivity index (χ2v) is 12.4.